The quantitative estimate of drug-likeness (QED) is 0.661. The standard InChI is InChI=1S/C11H21N3O2/c1-4-15-7-8-16-6-5-12-11-9(2)13-14-10(11)3/h12H,4-8H2,1-3H3,(H,13,14). The molecular weight excluding hydrogens is 206 g/mol. The van der Waals surface area contributed by atoms with Crippen molar-refractivity contribution in [2.75, 3.05) is 38.3 Å². The lowest BCUT2D eigenvalue weighted by atomic mass is 10.3. The molecule has 0 unspecified atom stereocenters. The van der Waals surface area contributed by atoms with Crippen molar-refractivity contribution < 1.29 is 9.47 Å². The van der Waals surface area contributed by atoms with Crippen molar-refractivity contribution in [3.8, 4) is 0 Å². The van der Waals surface area contributed by atoms with Gasteiger partial charge in [0.1, 0.15) is 0 Å². The summed E-state index contributed by atoms with van der Waals surface area (Å²) < 4.78 is 10.6. The van der Waals surface area contributed by atoms with Gasteiger partial charge in [-0.25, -0.2) is 0 Å². The smallest absolute Gasteiger partial charge is 0.0825 e. The summed E-state index contributed by atoms with van der Waals surface area (Å²) in [6.45, 7) is 9.48. The summed E-state index contributed by atoms with van der Waals surface area (Å²) in [5.74, 6) is 0. The second-order valence-electron chi connectivity index (χ2n) is 3.55. The number of aromatic amines is 1. The third-order valence-corrected chi connectivity index (χ3v) is 2.25. The molecule has 0 aliphatic carbocycles. The Morgan fingerprint density at radius 2 is 1.94 bits per heavy atom. The van der Waals surface area contributed by atoms with Gasteiger partial charge in [-0.15, -0.1) is 0 Å². The highest BCUT2D eigenvalue weighted by atomic mass is 16.5. The van der Waals surface area contributed by atoms with Crippen molar-refractivity contribution in [2.45, 2.75) is 20.8 Å². The van der Waals surface area contributed by atoms with Crippen LogP contribution in [0.3, 0.4) is 0 Å². The van der Waals surface area contributed by atoms with Crippen LogP contribution in [0.15, 0.2) is 0 Å². The zero-order chi connectivity index (χ0) is 11.8. The summed E-state index contributed by atoms with van der Waals surface area (Å²) in [6, 6.07) is 0. The molecule has 0 aliphatic heterocycles. The zero-order valence-corrected chi connectivity index (χ0v) is 10.3. The topological polar surface area (TPSA) is 59.2 Å². The number of anilines is 1. The first-order valence-electron chi connectivity index (χ1n) is 5.66. The van der Waals surface area contributed by atoms with Gasteiger partial charge < -0.3 is 14.8 Å². The highest BCUT2D eigenvalue weighted by Gasteiger charge is 2.04. The van der Waals surface area contributed by atoms with Crippen molar-refractivity contribution in [3.63, 3.8) is 0 Å². The van der Waals surface area contributed by atoms with Gasteiger partial charge in [0.15, 0.2) is 0 Å². The van der Waals surface area contributed by atoms with E-state index in [0.717, 1.165) is 30.2 Å². The van der Waals surface area contributed by atoms with Crippen LogP contribution in [-0.2, 0) is 9.47 Å². The van der Waals surface area contributed by atoms with E-state index in [0.29, 0.717) is 19.8 Å². The number of H-pyrrole nitrogens is 1. The van der Waals surface area contributed by atoms with Gasteiger partial charge in [-0.2, -0.15) is 5.10 Å². The molecular formula is C11H21N3O2. The maximum Gasteiger partial charge on any atom is 0.0825 e. The van der Waals surface area contributed by atoms with Gasteiger partial charge in [0.25, 0.3) is 0 Å². The minimum atomic E-state index is 0.652. The number of aromatic nitrogens is 2. The first-order valence-corrected chi connectivity index (χ1v) is 5.66. The molecule has 0 bridgehead atoms. The van der Waals surface area contributed by atoms with E-state index in [1.54, 1.807) is 0 Å². The second-order valence-corrected chi connectivity index (χ2v) is 3.55. The van der Waals surface area contributed by atoms with Gasteiger partial charge in [-0.05, 0) is 20.8 Å². The van der Waals surface area contributed by atoms with Crippen LogP contribution in [0.1, 0.15) is 18.3 Å². The average molecular weight is 227 g/mol. The largest absolute Gasteiger partial charge is 0.380 e. The zero-order valence-electron chi connectivity index (χ0n) is 10.3. The molecule has 2 N–H and O–H groups in total. The Labute approximate surface area is 96.5 Å². The van der Waals surface area contributed by atoms with Crippen LogP contribution in [-0.4, -0.2) is 43.2 Å². The van der Waals surface area contributed by atoms with Gasteiger partial charge in [0.2, 0.25) is 0 Å². The van der Waals surface area contributed by atoms with E-state index in [1.165, 1.54) is 0 Å². The van der Waals surface area contributed by atoms with Crippen LogP contribution in [0.25, 0.3) is 0 Å². The molecule has 1 aromatic heterocycles. The minimum Gasteiger partial charge on any atom is -0.380 e. The van der Waals surface area contributed by atoms with Crippen molar-refractivity contribution in [2.24, 2.45) is 0 Å². The Balaban J connectivity index is 2.07. The third kappa shape index (κ3) is 4.20. The number of ether oxygens (including phenoxy) is 2. The molecule has 0 atom stereocenters. The fourth-order valence-corrected chi connectivity index (χ4v) is 1.42. The fourth-order valence-electron chi connectivity index (χ4n) is 1.42. The molecule has 1 heterocycles. The van der Waals surface area contributed by atoms with Crippen LogP contribution in [0.4, 0.5) is 5.69 Å². The lowest BCUT2D eigenvalue weighted by molar-refractivity contribution is 0.0570. The van der Waals surface area contributed by atoms with Crippen LogP contribution < -0.4 is 5.32 Å². The molecule has 0 saturated heterocycles. The SMILES string of the molecule is CCOCCOCCNc1c(C)n[nH]c1C. The lowest BCUT2D eigenvalue weighted by Gasteiger charge is -2.07. The fraction of sp³-hybridized carbons (Fsp3) is 0.727. The second kappa shape index (κ2) is 7.24. The Morgan fingerprint density at radius 3 is 2.56 bits per heavy atom. The molecule has 0 fully saturated rings. The Hall–Kier alpha value is -1.07. The van der Waals surface area contributed by atoms with E-state index in [2.05, 4.69) is 15.5 Å². The molecule has 1 rings (SSSR count). The Kier molecular flexibility index (Phi) is 5.88. The summed E-state index contributed by atoms with van der Waals surface area (Å²) in [5, 5.41) is 10.3. The van der Waals surface area contributed by atoms with E-state index in [1.807, 2.05) is 20.8 Å². The average Bonchev–Trinajstić information content (AvgIpc) is 2.59. The van der Waals surface area contributed by atoms with E-state index >= 15 is 0 Å². The summed E-state index contributed by atoms with van der Waals surface area (Å²) in [5.41, 5.74) is 3.13. The van der Waals surface area contributed by atoms with Gasteiger partial charge in [-0.1, -0.05) is 0 Å². The molecule has 0 radical (unpaired) electrons. The maximum atomic E-state index is 5.40. The summed E-state index contributed by atoms with van der Waals surface area (Å²) in [7, 11) is 0. The van der Waals surface area contributed by atoms with Gasteiger partial charge >= 0.3 is 0 Å². The van der Waals surface area contributed by atoms with Gasteiger partial charge in [-0.3, -0.25) is 5.10 Å². The molecule has 0 aromatic carbocycles. The van der Waals surface area contributed by atoms with Crippen molar-refractivity contribution in [1.29, 1.82) is 0 Å². The van der Waals surface area contributed by atoms with Crippen molar-refractivity contribution >= 4 is 5.69 Å². The first kappa shape index (κ1) is 13.0. The monoisotopic (exact) mass is 227 g/mol. The van der Waals surface area contributed by atoms with Crippen molar-refractivity contribution in [3.05, 3.63) is 11.4 Å². The molecule has 0 saturated carbocycles. The molecule has 5 nitrogen and oxygen atoms in total. The molecule has 92 valence electrons. The number of hydrogen-bond acceptors (Lipinski definition) is 4. The van der Waals surface area contributed by atoms with Crippen molar-refractivity contribution in [1.82, 2.24) is 10.2 Å². The van der Waals surface area contributed by atoms with E-state index < -0.39 is 0 Å². The van der Waals surface area contributed by atoms with Gasteiger partial charge in [0.05, 0.1) is 36.9 Å². The molecule has 0 spiro atoms. The van der Waals surface area contributed by atoms with Gasteiger partial charge in [0, 0.05) is 13.2 Å². The first-order chi connectivity index (χ1) is 7.75. The molecule has 0 amide bonds. The predicted molar refractivity (Wildman–Crippen MR) is 63.9 cm³/mol. The summed E-state index contributed by atoms with van der Waals surface area (Å²) in [4.78, 5) is 0. The van der Waals surface area contributed by atoms with Crippen LogP contribution in [0.2, 0.25) is 0 Å². The molecule has 0 aliphatic rings. The number of nitrogens with zero attached hydrogens (tertiary/aromatic N) is 1. The third-order valence-electron chi connectivity index (χ3n) is 2.25. The normalized spacial score (nSPS) is 10.7. The minimum absolute atomic E-state index is 0.652. The predicted octanol–water partition coefficient (Wildman–Crippen LogP) is 1.49. The molecule has 1 aromatic rings. The maximum absolute atomic E-state index is 5.40. The van der Waals surface area contributed by atoms with E-state index in [9.17, 15) is 0 Å². The number of aryl methyl sites for hydroxylation is 2. The lowest BCUT2D eigenvalue weighted by Crippen LogP contribution is -2.13. The number of nitrogens with one attached hydrogen (secondary N) is 2. The Bertz CT molecular complexity index is 280. The highest BCUT2D eigenvalue weighted by molar-refractivity contribution is 5.51. The summed E-state index contributed by atoms with van der Waals surface area (Å²) >= 11 is 0. The molecule has 16 heavy (non-hydrogen) atoms. The van der Waals surface area contributed by atoms with Crippen LogP contribution >= 0.6 is 0 Å². The highest BCUT2D eigenvalue weighted by Crippen LogP contribution is 2.14. The van der Waals surface area contributed by atoms with Crippen LogP contribution in [0, 0.1) is 13.8 Å². The number of hydrogen-bond donors (Lipinski definition) is 2. The molecule has 5 heteroatoms. The number of rotatable bonds is 8. The van der Waals surface area contributed by atoms with E-state index in [-0.39, 0.29) is 0 Å². The Morgan fingerprint density at radius 1 is 1.19 bits per heavy atom. The van der Waals surface area contributed by atoms with E-state index in [4.69, 9.17) is 9.47 Å². The summed E-state index contributed by atoms with van der Waals surface area (Å²) in [6.07, 6.45) is 0. The van der Waals surface area contributed by atoms with Crippen LogP contribution in [0.5, 0.6) is 0 Å².